The third-order valence-electron chi connectivity index (χ3n) is 5.70. The number of carbonyl (C=O) groups is 2. The van der Waals surface area contributed by atoms with Gasteiger partial charge in [-0.1, -0.05) is 12.1 Å². The maximum absolute atomic E-state index is 13.0. The number of likely N-dealkylation sites (tertiary alicyclic amines) is 1. The molecule has 142 valence electrons. The Kier molecular flexibility index (Phi) is 3.89. The second-order valence-corrected chi connectivity index (χ2v) is 7.53. The summed E-state index contributed by atoms with van der Waals surface area (Å²) in [6.07, 6.45) is 4.22. The van der Waals surface area contributed by atoms with Gasteiger partial charge in [0.1, 0.15) is 17.0 Å². The van der Waals surface area contributed by atoms with Crippen LogP contribution in [0.3, 0.4) is 0 Å². The summed E-state index contributed by atoms with van der Waals surface area (Å²) in [6.45, 7) is 1.17. The minimum Gasteiger partial charge on any atom is -0.486 e. The zero-order valence-electron chi connectivity index (χ0n) is 15.4. The number of carbonyl (C=O) groups excluding carboxylic acids is 2. The van der Waals surface area contributed by atoms with Crippen molar-refractivity contribution in [2.24, 2.45) is 0 Å². The van der Waals surface area contributed by atoms with Gasteiger partial charge in [0.15, 0.2) is 11.4 Å². The van der Waals surface area contributed by atoms with Gasteiger partial charge in [0.2, 0.25) is 0 Å². The summed E-state index contributed by atoms with van der Waals surface area (Å²) in [5.41, 5.74) is 1.14. The first-order valence-corrected chi connectivity index (χ1v) is 9.54. The molecule has 4 heterocycles. The molecule has 3 aromatic rings. The van der Waals surface area contributed by atoms with Gasteiger partial charge in [0.05, 0.1) is 18.2 Å². The molecular formula is C21H20N4O3. The number of H-pyrrole nitrogens is 1. The predicted octanol–water partition coefficient (Wildman–Crippen LogP) is 2.99. The fraction of sp³-hybridized carbons (Fsp3) is 0.333. The van der Waals surface area contributed by atoms with Crippen molar-refractivity contribution in [2.75, 3.05) is 13.1 Å². The molecule has 0 saturated carbocycles. The molecule has 0 radical (unpaired) electrons. The number of nitrogens with one attached hydrogen (secondary N) is 1. The highest BCUT2D eigenvalue weighted by Crippen LogP contribution is 2.39. The number of Topliss-reactive ketones (excluding diaryl/α,β-unsaturated/α-hetero) is 1. The number of aromatic nitrogens is 3. The number of aromatic amines is 1. The van der Waals surface area contributed by atoms with E-state index in [0.717, 1.165) is 18.2 Å². The number of hydrogen-bond acceptors (Lipinski definition) is 5. The maximum Gasteiger partial charge on any atom is 0.272 e. The van der Waals surface area contributed by atoms with Crippen molar-refractivity contribution >= 4 is 22.7 Å². The van der Waals surface area contributed by atoms with Crippen LogP contribution in [0.2, 0.25) is 0 Å². The Labute approximate surface area is 161 Å². The maximum atomic E-state index is 13.0. The summed E-state index contributed by atoms with van der Waals surface area (Å²) in [6, 6.07) is 11.0. The molecule has 1 saturated heterocycles. The van der Waals surface area contributed by atoms with Crippen LogP contribution in [0.15, 0.2) is 42.6 Å². The third kappa shape index (κ3) is 2.83. The Morgan fingerprint density at radius 1 is 1.14 bits per heavy atom. The van der Waals surface area contributed by atoms with Crippen LogP contribution in [0.1, 0.15) is 46.5 Å². The lowest BCUT2D eigenvalue weighted by atomic mass is 9.84. The Morgan fingerprint density at radius 3 is 2.96 bits per heavy atom. The van der Waals surface area contributed by atoms with Crippen LogP contribution < -0.4 is 4.74 Å². The molecule has 7 nitrogen and oxygen atoms in total. The average Bonchev–Trinajstić information content (AvgIpc) is 3.09. The normalized spacial score (nSPS) is 22.0. The van der Waals surface area contributed by atoms with E-state index in [1.165, 1.54) is 0 Å². The van der Waals surface area contributed by atoms with Gasteiger partial charge in [-0.15, -0.1) is 0 Å². The standard InChI is InChI=1S/C21H20N4O3/c26-17-12-21(28-18-5-2-1-4-15(17)18)8-3-10-25(11-9-21)20(27)16-7-6-14-13-22-24-19(14)23-16/h1-2,4-7,13H,3,8-12H2,(H,22,23,24). The van der Waals surface area contributed by atoms with E-state index in [1.54, 1.807) is 12.3 Å². The first-order chi connectivity index (χ1) is 13.6. The molecule has 2 aromatic heterocycles. The summed E-state index contributed by atoms with van der Waals surface area (Å²) in [5, 5.41) is 7.63. The quantitative estimate of drug-likeness (QED) is 0.705. The van der Waals surface area contributed by atoms with E-state index in [1.807, 2.05) is 35.2 Å². The Bertz CT molecular complexity index is 1080. The van der Waals surface area contributed by atoms with Gasteiger partial charge in [0, 0.05) is 24.9 Å². The van der Waals surface area contributed by atoms with Crippen molar-refractivity contribution in [3.8, 4) is 5.75 Å². The molecule has 1 atom stereocenters. The Hall–Kier alpha value is -3.22. The van der Waals surface area contributed by atoms with Gasteiger partial charge in [-0.2, -0.15) is 5.10 Å². The van der Waals surface area contributed by atoms with Gasteiger partial charge in [-0.25, -0.2) is 4.98 Å². The first-order valence-electron chi connectivity index (χ1n) is 9.54. The Balaban J connectivity index is 1.35. The first kappa shape index (κ1) is 16.9. The molecule has 1 spiro atoms. The van der Waals surface area contributed by atoms with Crippen molar-refractivity contribution in [1.82, 2.24) is 20.1 Å². The fourth-order valence-electron chi connectivity index (χ4n) is 4.20. The smallest absolute Gasteiger partial charge is 0.272 e. The Morgan fingerprint density at radius 2 is 2.04 bits per heavy atom. The summed E-state index contributed by atoms with van der Waals surface area (Å²) in [5.74, 6) is 0.675. The molecular weight excluding hydrogens is 356 g/mol. The number of fused-ring (bicyclic) bond motifs is 2. The molecule has 1 N–H and O–H groups in total. The predicted molar refractivity (Wildman–Crippen MR) is 102 cm³/mol. The van der Waals surface area contributed by atoms with Crippen LogP contribution in [0.25, 0.3) is 11.0 Å². The van der Waals surface area contributed by atoms with E-state index in [9.17, 15) is 9.59 Å². The molecule has 0 aliphatic carbocycles. The van der Waals surface area contributed by atoms with E-state index in [-0.39, 0.29) is 11.7 Å². The number of para-hydroxylation sites is 1. The highest BCUT2D eigenvalue weighted by Gasteiger charge is 2.42. The largest absolute Gasteiger partial charge is 0.486 e. The van der Waals surface area contributed by atoms with Gasteiger partial charge >= 0.3 is 0 Å². The van der Waals surface area contributed by atoms with Crippen LogP contribution in [0, 0.1) is 0 Å². The molecule has 1 fully saturated rings. The van der Waals surface area contributed by atoms with Gasteiger partial charge in [-0.05, 0) is 37.1 Å². The lowest BCUT2D eigenvalue weighted by molar-refractivity contribution is 0.0300. The molecule has 2 aliphatic rings. The zero-order chi connectivity index (χ0) is 19.1. The van der Waals surface area contributed by atoms with E-state index in [0.29, 0.717) is 48.6 Å². The van der Waals surface area contributed by atoms with Crippen molar-refractivity contribution in [1.29, 1.82) is 0 Å². The summed E-state index contributed by atoms with van der Waals surface area (Å²) >= 11 is 0. The van der Waals surface area contributed by atoms with E-state index < -0.39 is 5.60 Å². The van der Waals surface area contributed by atoms with Crippen LogP contribution in [-0.2, 0) is 0 Å². The van der Waals surface area contributed by atoms with E-state index in [2.05, 4.69) is 15.2 Å². The molecule has 7 heteroatoms. The number of rotatable bonds is 1. The highest BCUT2D eigenvalue weighted by atomic mass is 16.5. The van der Waals surface area contributed by atoms with Crippen molar-refractivity contribution < 1.29 is 14.3 Å². The van der Waals surface area contributed by atoms with Crippen LogP contribution in [0.5, 0.6) is 5.75 Å². The average molecular weight is 376 g/mol. The van der Waals surface area contributed by atoms with Gasteiger partial charge < -0.3 is 9.64 Å². The molecule has 2 aliphatic heterocycles. The number of benzene rings is 1. The molecule has 0 bridgehead atoms. The molecule has 1 amide bonds. The second-order valence-electron chi connectivity index (χ2n) is 7.53. The van der Waals surface area contributed by atoms with E-state index in [4.69, 9.17) is 4.74 Å². The number of ether oxygens (including phenoxy) is 1. The number of hydrogen-bond donors (Lipinski definition) is 1. The summed E-state index contributed by atoms with van der Waals surface area (Å²) in [4.78, 5) is 31.8. The summed E-state index contributed by atoms with van der Waals surface area (Å²) in [7, 11) is 0. The third-order valence-corrected chi connectivity index (χ3v) is 5.70. The monoisotopic (exact) mass is 376 g/mol. The zero-order valence-corrected chi connectivity index (χ0v) is 15.4. The lowest BCUT2D eigenvalue weighted by Gasteiger charge is -2.37. The topological polar surface area (TPSA) is 88.2 Å². The molecule has 1 unspecified atom stereocenters. The van der Waals surface area contributed by atoms with Crippen LogP contribution >= 0.6 is 0 Å². The molecule has 5 rings (SSSR count). The minimum absolute atomic E-state index is 0.101. The summed E-state index contributed by atoms with van der Waals surface area (Å²) < 4.78 is 6.30. The van der Waals surface area contributed by atoms with E-state index >= 15 is 0 Å². The SMILES string of the molecule is O=C1CC2(CCCN(C(=O)c3ccc4cn[nH]c4n3)CC2)Oc2ccccc21. The van der Waals surface area contributed by atoms with Crippen molar-refractivity contribution in [3.63, 3.8) is 0 Å². The number of ketones is 1. The number of pyridine rings is 1. The molecule has 1 aromatic carbocycles. The van der Waals surface area contributed by atoms with Gasteiger partial charge in [0.25, 0.3) is 5.91 Å². The molecule has 28 heavy (non-hydrogen) atoms. The number of amides is 1. The second kappa shape index (κ2) is 6.44. The minimum atomic E-state index is -0.527. The van der Waals surface area contributed by atoms with Crippen molar-refractivity contribution in [2.45, 2.75) is 31.3 Å². The van der Waals surface area contributed by atoms with Crippen molar-refractivity contribution in [3.05, 3.63) is 53.9 Å². The highest BCUT2D eigenvalue weighted by molar-refractivity contribution is 6.00. The van der Waals surface area contributed by atoms with Crippen LogP contribution in [-0.4, -0.2) is 50.5 Å². The van der Waals surface area contributed by atoms with Crippen LogP contribution in [0.4, 0.5) is 0 Å². The fourth-order valence-corrected chi connectivity index (χ4v) is 4.20. The van der Waals surface area contributed by atoms with Gasteiger partial charge in [-0.3, -0.25) is 14.7 Å². The lowest BCUT2D eigenvalue weighted by Crippen LogP contribution is -2.43. The number of nitrogens with zero attached hydrogens (tertiary/aromatic N) is 3.